The summed E-state index contributed by atoms with van der Waals surface area (Å²) < 4.78 is 3.94. The van der Waals surface area contributed by atoms with Crippen LogP contribution < -0.4 is 11.1 Å². The minimum absolute atomic E-state index is 0.244. The van der Waals surface area contributed by atoms with Gasteiger partial charge in [-0.3, -0.25) is 0 Å². The zero-order valence-corrected chi connectivity index (χ0v) is 12.2. The molecule has 6 nitrogen and oxygen atoms in total. The molecule has 4 rings (SSSR count). The van der Waals surface area contributed by atoms with E-state index in [4.69, 9.17) is 10.8 Å². The van der Waals surface area contributed by atoms with E-state index in [1.807, 2.05) is 30.8 Å². The van der Waals surface area contributed by atoms with Crippen molar-refractivity contribution in [2.24, 2.45) is 7.05 Å². The normalized spacial score (nSPS) is 17.7. The molecule has 21 heavy (non-hydrogen) atoms. The van der Waals surface area contributed by atoms with Gasteiger partial charge in [0.05, 0.1) is 17.1 Å². The number of benzene rings is 1. The third kappa shape index (κ3) is 1.72. The first-order chi connectivity index (χ1) is 10.1. The van der Waals surface area contributed by atoms with Gasteiger partial charge in [0.15, 0.2) is 5.65 Å². The molecule has 0 spiro atoms. The van der Waals surface area contributed by atoms with Gasteiger partial charge < -0.3 is 11.1 Å². The van der Waals surface area contributed by atoms with E-state index in [0.717, 1.165) is 41.2 Å². The summed E-state index contributed by atoms with van der Waals surface area (Å²) in [4.78, 5) is 0. The molecule has 0 amide bonds. The fraction of sp³-hybridized carbons (Fsp3) is 0.333. The zero-order valence-electron chi connectivity index (χ0n) is 12.2. The fourth-order valence-corrected chi connectivity index (χ4v) is 3.18. The van der Waals surface area contributed by atoms with Crippen molar-refractivity contribution in [1.29, 1.82) is 0 Å². The molecule has 0 saturated heterocycles. The Morgan fingerprint density at radius 1 is 1.24 bits per heavy atom. The minimum Gasteiger partial charge on any atom is -0.399 e. The van der Waals surface area contributed by atoms with Crippen LogP contribution in [-0.2, 0) is 7.05 Å². The number of aromatic nitrogens is 4. The van der Waals surface area contributed by atoms with Crippen LogP contribution in [0.5, 0.6) is 0 Å². The lowest BCUT2D eigenvalue weighted by Crippen LogP contribution is -2.24. The van der Waals surface area contributed by atoms with Gasteiger partial charge in [0.2, 0.25) is 0 Å². The molecule has 1 aliphatic rings. The second-order valence-corrected chi connectivity index (χ2v) is 5.60. The lowest BCUT2D eigenvalue weighted by molar-refractivity contribution is 0.482. The van der Waals surface area contributed by atoms with Gasteiger partial charge in [0.25, 0.3) is 0 Å². The van der Waals surface area contributed by atoms with Crippen LogP contribution in [0.2, 0.25) is 0 Å². The molecule has 3 aromatic rings. The Bertz CT molecular complexity index is 811. The van der Waals surface area contributed by atoms with Gasteiger partial charge in [-0.15, -0.1) is 0 Å². The summed E-state index contributed by atoms with van der Waals surface area (Å²) in [5.74, 6) is 1.07. The molecule has 6 heteroatoms. The van der Waals surface area contributed by atoms with Crippen molar-refractivity contribution in [3.05, 3.63) is 35.5 Å². The van der Waals surface area contributed by atoms with Crippen LogP contribution >= 0.6 is 0 Å². The van der Waals surface area contributed by atoms with E-state index >= 15 is 0 Å². The molecular weight excluding hydrogens is 264 g/mol. The SMILES string of the molecule is Cc1nn(C)c2nn3c(c12)NCCC3c1ccc(N)cc1. The second kappa shape index (κ2) is 4.25. The number of fused-ring (bicyclic) bond motifs is 3. The van der Waals surface area contributed by atoms with Crippen LogP contribution in [0, 0.1) is 6.92 Å². The Balaban J connectivity index is 1.90. The van der Waals surface area contributed by atoms with Crippen molar-refractivity contribution >= 4 is 22.5 Å². The Kier molecular flexibility index (Phi) is 2.48. The third-order valence-electron chi connectivity index (χ3n) is 4.19. The van der Waals surface area contributed by atoms with Crippen molar-refractivity contribution in [3.8, 4) is 0 Å². The topological polar surface area (TPSA) is 73.7 Å². The number of nitrogens with zero attached hydrogens (tertiary/aromatic N) is 4. The smallest absolute Gasteiger partial charge is 0.182 e. The Labute approximate surface area is 122 Å². The number of hydrogen-bond acceptors (Lipinski definition) is 4. The molecule has 1 aromatic carbocycles. The van der Waals surface area contributed by atoms with E-state index in [1.54, 1.807) is 0 Å². The molecule has 108 valence electrons. The van der Waals surface area contributed by atoms with E-state index in [1.165, 1.54) is 5.56 Å². The molecule has 1 aliphatic heterocycles. The molecule has 2 aromatic heterocycles. The van der Waals surface area contributed by atoms with Gasteiger partial charge in [0, 0.05) is 19.3 Å². The zero-order chi connectivity index (χ0) is 14.6. The molecular formula is C15H18N6. The maximum atomic E-state index is 5.79. The summed E-state index contributed by atoms with van der Waals surface area (Å²) in [6.45, 7) is 2.96. The van der Waals surface area contributed by atoms with Crippen molar-refractivity contribution < 1.29 is 0 Å². The summed E-state index contributed by atoms with van der Waals surface area (Å²) in [7, 11) is 1.94. The number of nitrogens with one attached hydrogen (secondary N) is 1. The number of nitrogen functional groups attached to an aromatic ring is 1. The van der Waals surface area contributed by atoms with E-state index in [2.05, 4.69) is 27.2 Å². The van der Waals surface area contributed by atoms with Gasteiger partial charge in [-0.25, -0.2) is 9.36 Å². The highest BCUT2D eigenvalue weighted by Gasteiger charge is 2.27. The molecule has 0 radical (unpaired) electrons. The highest BCUT2D eigenvalue weighted by atomic mass is 15.4. The first kappa shape index (κ1) is 12.3. The first-order valence-electron chi connectivity index (χ1n) is 7.16. The average molecular weight is 282 g/mol. The van der Waals surface area contributed by atoms with Gasteiger partial charge >= 0.3 is 0 Å². The Hall–Kier alpha value is -2.50. The van der Waals surface area contributed by atoms with Crippen LogP contribution in [0.1, 0.15) is 23.7 Å². The van der Waals surface area contributed by atoms with E-state index < -0.39 is 0 Å². The highest BCUT2D eigenvalue weighted by Crippen LogP contribution is 2.35. The van der Waals surface area contributed by atoms with E-state index in [-0.39, 0.29) is 6.04 Å². The highest BCUT2D eigenvalue weighted by molar-refractivity contribution is 5.90. The van der Waals surface area contributed by atoms with Crippen molar-refractivity contribution in [2.75, 3.05) is 17.6 Å². The summed E-state index contributed by atoms with van der Waals surface area (Å²) >= 11 is 0. The summed E-state index contributed by atoms with van der Waals surface area (Å²) in [5.41, 5.74) is 9.76. The summed E-state index contributed by atoms with van der Waals surface area (Å²) in [6, 6.07) is 8.33. The first-order valence-corrected chi connectivity index (χ1v) is 7.16. The number of aryl methyl sites for hydroxylation is 2. The molecule has 1 atom stereocenters. The van der Waals surface area contributed by atoms with Crippen molar-refractivity contribution in [3.63, 3.8) is 0 Å². The quantitative estimate of drug-likeness (QED) is 0.670. The van der Waals surface area contributed by atoms with Crippen LogP contribution in [0.4, 0.5) is 11.5 Å². The molecule has 0 saturated carbocycles. The van der Waals surface area contributed by atoms with Crippen LogP contribution in [0.3, 0.4) is 0 Å². The van der Waals surface area contributed by atoms with Crippen LogP contribution in [-0.4, -0.2) is 26.1 Å². The number of rotatable bonds is 1. The fourth-order valence-electron chi connectivity index (χ4n) is 3.18. The predicted octanol–water partition coefficient (Wildman–Crippen LogP) is 2.07. The van der Waals surface area contributed by atoms with Gasteiger partial charge in [-0.1, -0.05) is 12.1 Å². The maximum Gasteiger partial charge on any atom is 0.182 e. The average Bonchev–Trinajstić information content (AvgIpc) is 2.99. The van der Waals surface area contributed by atoms with E-state index in [0.29, 0.717) is 0 Å². The largest absolute Gasteiger partial charge is 0.399 e. The monoisotopic (exact) mass is 282 g/mol. The third-order valence-corrected chi connectivity index (χ3v) is 4.19. The molecule has 1 unspecified atom stereocenters. The lowest BCUT2D eigenvalue weighted by atomic mass is 10.0. The van der Waals surface area contributed by atoms with Crippen molar-refractivity contribution in [1.82, 2.24) is 19.6 Å². The van der Waals surface area contributed by atoms with Crippen molar-refractivity contribution in [2.45, 2.75) is 19.4 Å². The Morgan fingerprint density at radius 2 is 2.00 bits per heavy atom. The molecule has 0 bridgehead atoms. The number of nitrogens with two attached hydrogens (primary N) is 1. The number of anilines is 2. The molecule has 0 aliphatic carbocycles. The van der Waals surface area contributed by atoms with Crippen LogP contribution in [0.15, 0.2) is 24.3 Å². The predicted molar refractivity (Wildman–Crippen MR) is 83.3 cm³/mol. The Morgan fingerprint density at radius 3 is 2.76 bits per heavy atom. The summed E-state index contributed by atoms with van der Waals surface area (Å²) in [5, 5.41) is 13.8. The minimum atomic E-state index is 0.244. The molecule has 0 fully saturated rings. The molecule has 3 heterocycles. The standard InChI is InChI=1S/C15H18N6/c1-9-13-14-17-8-7-12(10-3-5-11(16)6-4-10)21(14)19-15(13)20(2)18-9/h3-6,12,17H,7-8,16H2,1-2H3. The van der Waals surface area contributed by atoms with Crippen LogP contribution in [0.25, 0.3) is 11.0 Å². The summed E-state index contributed by atoms with van der Waals surface area (Å²) in [6.07, 6.45) is 1.01. The van der Waals surface area contributed by atoms with Gasteiger partial charge in [-0.2, -0.15) is 10.2 Å². The second-order valence-electron chi connectivity index (χ2n) is 5.60. The van der Waals surface area contributed by atoms with Gasteiger partial charge in [0.1, 0.15) is 5.82 Å². The van der Waals surface area contributed by atoms with Gasteiger partial charge in [-0.05, 0) is 31.0 Å². The van der Waals surface area contributed by atoms with E-state index in [9.17, 15) is 0 Å². The number of hydrogen-bond donors (Lipinski definition) is 2. The maximum absolute atomic E-state index is 5.79. The molecule has 3 N–H and O–H groups in total. The lowest BCUT2D eigenvalue weighted by Gasteiger charge is -2.26.